The number of aromatic nitrogens is 6. The van der Waals surface area contributed by atoms with Crippen LogP contribution in [0.15, 0.2) is 91.8 Å². The molecule has 1 aliphatic rings. The van der Waals surface area contributed by atoms with Gasteiger partial charge in [0.1, 0.15) is 17.1 Å². The predicted molar refractivity (Wildman–Crippen MR) is 169 cm³/mol. The molecule has 0 bridgehead atoms. The van der Waals surface area contributed by atoms with Crippen molar-refractivity contribution in [3.63, 3.8) is 0 Å². The Morgan fingerprint density at radius 1 is 0.864 bits per heavy atom. The van der Waals surface area contributed by atoms with Crippen LogP contribution in [0.2, 0.25) is 0 Å². The number of piperazine rings is 1. The van der Waals surface area contributed by atoms with E-state index in [-0.39, 0.29) is 6.09 Å². The summed E-state index contributed by atoms with van der Waals surface area (Å²) in [6.07, 6.45) is 11.4. The zero-order valence-electron chi connectivity index (χ0n) is 25.3. The molecule has 44 heavy (non-hydrogen) atoms. The van der Waals surface area contributed by atoms with Crippen LogP contribution < -0.4 is 4.90 Å². The molecule has 1 amide bonds. The first kappa shape index (κ1) is 29.0. The molecule has 0 N–H and O–H groups in total. The first-order valence-electron chi connectivity index (χ1n) is 14.8. The summed E-state index contributed by atoms with van der Waals surface area (Å²) in [5, 5.41) is 4.90. The summed E-state index contributed by atoms with van der Waals surface area (Å²) in [5.41, 5.74) is 6.32. The van der Waals surface area contributed by atoms with Gasteiger partial charge in [0.25, 0.3) is 0 Å². The molecule has 1 saturated heterocycles. The van der Waals surface area contributed by atoms with Crippen molar-refractivity contribution in [1.82, 2.24) is 34.6 Å². The van der Waals surface area contributed by atoms with Crippen LogP contribution in [0.25, 0.3) is 22.5 Å². The number of carbonyl (C=O) groups excluding carboxylic acids is 1. The van der Waals surface area contributed by atoms with E-state index in [4.69, 9.17) is 14.8 Å². The molecule has 0 saturated carbocycles. The van der Waals surface area contributed by atoms with E-state index < -0.39 is 5.60 Å². The molecule has 5 heterocycles. The molecule has 4 aromatic heterocycles. The number of hydrogen-bond acceptors (Lipinski definition) is 8. The monoisotopic (exact) mass is 588 g/mol. The highest BCUT2D eigenvalue weighted by molar-refractivity contribution is 5.78. The molecule has 0 aliphatic carbocycles. The number of amides is 1. The van der Waals surface area contributed by atoms with Crippen LogP contribution in [0, 0.1) is 0 Å². The van der Waals surface area contributed by atoms with Crippen molar-refractivity contribution in [2.75, 3.05) is 31.1 Å². The van der Waals surface area contributed by atoms with E-state index in [1.165, 1.54) is 0 Å². The maximum atomic E-state index is 12.4. The lowest BCUT2D eigenvalue weighted by Gasteiger charge is -2.36. The van der Waals surface area contributed by atoms with Crippen LogP contribution in [-0.2, 0) is 17.7 Å². The Morgan fingerprint density at radius 2 is 1.61 bits per heavy atom. The molecular weight excluding hydrogens is 552 g/mol. The largest absolute Gasteiger partial charge is 0.444 e. The lowest BCUT2D eigenvalue weighted by atomic mass is 10.1. The fourth-order valence-corrected chi connectivity index (χ4v) is 5.20. The molecule has 0 spiro atoms. The Kier molecular flexibility index (Phi) is 8.31. The molecule has 0 atom stereocenters. The average Bonchev–Trinajstić information content (AvgIpc) is 3.45. The van der Waals surface area contributed by atoms with E-state index in [1.807, 2.05) is 80.6 Å². The summed E-state index contributed by atoms with van der Waals surface area (Å²) in [5.74, 6) is 0.735. The molecule has 5 aromatic rings. The molecule has 1 fully saturated rings. The van der Waals surface area contributed by atoms with Crippen molar-refractivity contribution in [1.29, 1.82) is 0 Å². The Hall–Kier alpha value is -5.12. The molecule has 10 heteroatoms. The maximum Gasteiger partial charge on any atom is 0.410 e. The number of carbonyl (C=O) groups is 1. The van der Waals surface area contributed by atoms with E-state index in [2.05, 4.69) is 44.1 Å². The first-order chi connectivity index (χ1) is 21.3. The van der Waals surface area contributed by atoms with Crippen LogP contribution in [0.4, 0.5) is 10.5 Å². The van der Waals surface area contributed by atoms with E-state index in [9.17, 15) is 4.79 Å². The number of rotatable bonds is 7. The summed E-state index contributed by atoms with van der Waals surface area (Å²) in [4.78, 5) is 34.6. The highest BCUT2D eigenvalue weighted by Crippen LogP contribution is 2.30. The quantitative estimate of drug-likeness (QED) is 0.246. The number of nitrogens with zero attached hydrogens (tertiary/aromatic N) is 8. The summed E-state index contributed by atoms with van der Waals surface area (Å²) >= 11 is 0. The number of anilines is 1. The van der Waals surface area contributed by atoms with Gasteiger partial charge in [0, 0.05) is 86.6 Å². The van der Waals surface area contributed by atoms with Gasteiger partial charge in [-0.2, -0.15) is 5.10 Å². The minimum absolute atomic E-state index is 0.247. The van der Waals surface area contributed by atoms with Gasteiger partial charge in [-0.15, -0.1) is 0 Å². The van der Waals surface area contributed by atoms with Gasteiger partial charge in [-0.05, 0) is 68.3 Å². The standard InChI is InChI=1S/C34H36N8O2/c1-34(2,3)44-33(43)41-18-16-40(17-19-41)28-10-8-25(9-11-28)20-31-37-15-12-30(38-31)29-24-42(23-26-6-4-13-35-21-26)39-32(29)27-7-5-14-36-22-27/h4-15,21-22,24H,16-20,23H2,1-3H3. The van der Waals surface area contributed by atoms with Gasteiger partial charge in [0.05, 0.1) is 12.2 Å². The fraction of sp³-hybridized carbons (Fsp3) is 0.294. The van der Waals surface area contributed by atoms with Gasteiger partial charge in [-0.3, -0.25) is 14.6 Å². The van der Waals surface area contributed by atoms with Crippen molar-refractivity contribution in [3.8, 4) is 22.5 Å². The van der Waals surface area contributed by atoms with Gasteiger partial charge in [-0.1, -0.05) is 18.2 Å². The van der Waals surface area contributed by atoms with Gasteiger partial charge < -0.3 is 14.5 Å². The fourth-order valence-electron chi connectivity index (χ4n) is 5.20. The zero-order valence-corrected chi connectivity index (χ0v) is 25.3. The molecule has 10 nitrogen and oxygen atoms in total. The van der Waals surface area contributed by atoms with E-state index in [1.54, 1.807) is 17.3 Å². The second-order valence-electron chi connectivity index (χ2n) is 11.8. The highest BCUT2D eigenvalue weighted by Gasteiger charge is 2.26. The van der Waals surface area contributed by atoms with E-state index >= 15 is 0 Å². The van der Waals surface area contributed by atoms with Crippen molar-refractivity contribution < 1.29 is 9.53 Å². The van der Waals surface area contributed by atoms with Crippen LogP contribution in [-0.4, -0.2) is 72.5 Å². The molecule has 0 unspecified atom stereocenters. The number of hydrogen-bond donors (Lipinski definition) is 0. The van der Waals surface area contributed by atoms with Crippen LogP contribution in [0.3, 0.4) is 0 Å². The van der Waals surface area contributed by atoms with Gasteiger partial charge >= 0.3 is 6.09 Å². The second kappa shape index (κ2) is 12.6. The normalized spacial score (nSPS) is 13.6. The second-order valence-corrected chi connectivity index (χ2v) is 11.8. The highest BCUT2D eigenvalue weighted by atomic mass is 16.6. The van der Waals surface area contributed by atoms with Crippen LogP contribution in [0.5, 0.6) is 0 Å². The Bertz CT molecular complexity index is 1690. The third-order valence-corrected chi connectivity index (χ3v) is 7.34. The summed E-state index contributed by atoms with van der Waals surface area (Å²) in [7, 11) is 0. The SMILES string of the molecule is CC(C)(C)OC(=O)N1CCN(c2ccc(Cc3nccc(-c4cn(Cc5cccnc5)nc4-c4cccnc4)n3)cc2)CC1. The first-order valence-corrected chi connectivity index (χ1v) is 14.8. The average molecular weight is 589 g/mol. The van der Waals surface area contributed by atoms with Crippen LogP contribution in [0.1, 0.15) is 37.7 Å². The minimum atomic E-state index is -0.489. The Morgan fingerprint density at radius 3 is 2.30 bits per heavy atom. The number of benzene rings is 1. The lowest BCUT2D eigenvalue weighted by Crippen LogP contribution is -2.50. The Balaban J connectivity index is 1.15. The zero-order chi connectivity index (χ0) is 30.5. The Labute approximate surface area is 257 Å². The van der Waals surface area contributed by atoms with Gasteiger partial charge in [0.15, 0.2) is 0 Å². The van der Waals surface area contributed by atoms with Gasteiger partial charge in [-0.25, -0.2) is 14.8 Å². The molecule has 0 radical (unpaired) electrons. The van der Waals surface area contributed by atoms with E-state index in [0.717, 1.165) is 58.2 Å². The summed E-state index contributed by atoms with van der Waals surface area (Å²) in [6.45, 7) is 9.07. The molecule has 224 valence electrons. The van der Waals surface area contributed by atoms with E-state index in [0.29, 0.717) is 26.1 Å². The smallest absolute Gasteiger partial charge is 0.410 e. The van der Waals surface area contributed by atoms with Gasteiger partial charge in [0.2, 0.25) is 0 Å². The van der Waals surface area contributed by atoms with Crippen LogP contribution >= 0.6 is 0 Å². The molecule has 1 aliphatic heterocycles. The van der Waals surface area contributed by atoms with Crippen molar-refractivity contribution in [2.24, 2.45) is 0 Å². The number of ether oxygens (including phenoxy) is 1. The van der Waals surface area contributed by atoms with Crippen molar-refractivity contribution >= 4 is 11.8 Å². The predicted octanol–water partition coefficient (Wildman–Crippen LogP) is 5.49. The third-order valence-electron chi connectivity index (χ3n) is 7.34. The van der Waals surface area contributed by atoms with Crippen molar-refractivity contribution in [2.45, 2.75) is 39.3 Å². The lowest BCUT2D eigenvalue weighted by molar-refractivity contribution is 0.0240. The minimum Gasteiger partial charge on any atom is -0.444 e. The maximum absolute atomic E-state index is 12.4. The van der Waals surface area contributed by atoms with Crippen molar-refractivity contribution in [3.05, 3.63) is 109 Å². The summed E-state index contributed by atoms with van der Waals surface area (Å²) < 4.78 is 7.45. The summed E-state index contributed by atoms with van der Waals surface area (Å²) in [6, 6.07) is 18.3. The molecule has 6 rings (SSSR count). The molecular formula is C34H36N8O2. The topological polar surface area (TPSA) is 102 Å². The molecule has 1 aromatic carbocycles. The third kappa shape index (κ3) is 7.08. The number of pyridine rings is 2.